The van der Waals surface area contributed by atoms with Crippen LogP contribution in [0.25, 0.3) is 0 Å². The fraction of sp³-hybridized carbons (Fsp3) is 0.500. The van der Waals surface area contributed by atoms with Crippen molar-refractivity contribution in [1.82, 2.24) is 14.0 Å². The zero-order chi connectivity index (χ0) is 14.6. The molecule has 1 aliphatic rings. The lowest BCUT2D eigenvalue weighted by molar-refractivity contribution is -0.142. The van der Waals surface area contributed by atoms with Gasteiger partial charge in [0.1, 0.15) is 0 Å². The normalized spacial score (nSPS) is 20.7. The maximum Gasteiger partial charge on any atom is 0.307 e. The summed E-state index contributed by atoms with van der Waals surface area (Å²) in [6.07, 6.45) is 4.26. The van der Waals surface area contributed by atoms with Gasteiger partial charge in [-0.25, -0.2) is 0 Å². The number of piperidine rings is 1. The second-order valence-corrected chi connectivity index (χ2v) is 6.47. The lowest BCUT2D eigenvalue weighted by Crippen LogP contribution is -2.47. The zero-order valence-corrected chi connectivity index (χ0v) is 11.7. The molecule has 1 aromatic heterocycles. The van der Waals surface area contributed by atoms with Gasteiger partial charge in [0.15, 0.2) is 0 Å². The Bertz CT molecular complexity index is 561. The highest BCUT2D eigenvalue weighted by Gasteiger charge is 2.31. The van der Waals surface area contributed by atoms with Crippen molar-refractivity contribution in [2.24, 2.45) is 5.92 Å². The van der Waals surface area contributed by atoms with Crippen LogP contribution in [0.5, 0.6) is 0 Å². The summed E-state index contributed by atoms with van der Waals surface area (Å²) in [4.78, 5) is 14.8. The van der Waals surface area contributed by atoms with Gasteiger partial charge in [0.2, 0.25) is 0 Å². The van der Waals surface area contributed by atoms with E-state index in [9.17, 15) is 13.2 Å². The van der Waals surface area contributed by atoms with Crippen LogP contribution in [-0.4, -0.2) is 41.9 Å². The summed E-state index contributed by atoms with van der Waals surface area (Å²) >= 11 is 0. The quantitative estimate of drug-likeness (QED) is 0.810. The van der Waals surface area contributed by atoms with E-state index in [1.807, 2.05) is 0 Å². The standard InChI is InChI=1S/C12H17N3O4S/c16-12(17)11-2-1-7-15(9-11)20(18,19)14-8-10-3-5-13-6-4-10/h3-6,11,14H,1-2,7-9H2,(H,16,17). The van der Waals surface area contributed by atoms with Crippen molar-refractivity contribution in [2.45, 2.75) is 19.4 Å². The Labute approximate surface area is 117 Å². The first-order chi connectivity index (χ1) is 9.49. The molecule has 1 saturated heterocycles. The number of hydrogen-bond acceptors (Lipinski definition) is 4. The van der Waals surface area contributed by atoms with Crippen molar-refractivity contribution in [1.29, 1.82) is 0 Å². The summed E-state index contributed by atoms with van der Waals surface area (Å²) in [5.74, 6) is -1.57. The molecule has 8 heteroatoms. The molecular weight excluding hydrogens is 282 g/mol. The van der Waals surface area contributed by atoms with Crippen LogP contribution < -0.4 is 4.72 Å². The average Bonchev–Trinajstić information content (AvgIpc) is 2.46. The van der Waals surface area contributed by atoms with E-state index in [-0.39, 0.29) is 13.1 Å². The van der Waals surface area contributed by atoms with E-state index in [2.05, 4.69) is 9.71 Å². The van der Waals surface area contributed by atoms with Crippen molar-refractivity contribution in [2.75, 3.05) is 13.1 Å². The molecule has 1 unspecified atom stereocenters. The van der Waals surface area contributed by atoms with Crippen LogP contribution in [0.1, 0.15) is 18.4 Å². The summed E-state index contributed by atoms with van der Waals surface area (Å²) in [5.41, 5.74) is 0.801. The molecule has 0 aromatic carbocycles. The molecule has 2 rings (SSSR count). The molecule has 2 N–H and O–H groups in total. The summed E-state index contributed by atoms with van der Waals surface area (Å²) in [6.45, 7) is 0.551. The zero-order valence-electron chi connectivity index (χ0n) is 10.9. The maximum absolute atomic E-state index is 12.1. The lowest BCUT2D eigenvalue weighted by atomic mass is 10.0. The third-order valence-electron chi connectivity index (χ3n) is 3.28. The predicted octanol–water partition coefficient (Wildman–Crippen LogP) is 0.213. The Kier molecular flexibility index (Phi) is 4.69. The number of carbonyl (C=O) groups is 1. The van der Waals surface area contributed by atoms with E-state index >= 15 is 0 Å². The van der Waals surface area contributed by atoms with Gasteiger partial charge in [0.25, 0.3) is 10.2 Å². The number of aliphatic carboxylic acids is 1. The Balaban J connectivity index is 1.97. The van der Waals surface area contributed by atoms with E-state index < -0.39 is 22.1 Å². The number of nitrogens with one attached hydrogen (secondary N) is 1. The van der Waals surface area contributed by atoms with E-state index in [0.717, 1.165) is 5.56 Å². The molecule has 1 atom stereocenters. The number of carboxylic acid groups (broad SMARTS) is 1. The van der Waals surface area contributed by atoms with E-state index in [0.29, 0.717) is 19.4 Å². The molecule has 0 bridgehead atoms. The summed E-state index contributed by atoms with van der Waals surface area (Å²) in [7, 11) is -3.65. The smallest absolute Gasteiger partial charge is 0.307 e. The van der Waals surface area contributed by atoms with Gasteiger partial charge >= 0.3 is 5.97 Å². The Morgan fingerprint density at radius 1 is 1.45 bits per heavy atom. The second-order valence-electron chi connectivity index (χ2n) is 4.72. The molecule has 2 heterocycles. The molecule has 1 aliphatic heterocycles. The van der Waals surface area contributed by atoms with Crippen LogP contribution in [0, 0.1) is 5.92 Å². The van der Waals surface area contributed by atoms with Gasteiger partial charge in [-0.05, 0) is 30.5 Å². The van der Waals surface area contributed by atoms with Crippen LogP contribution in [0.4, 0.5) is 0 Å². The van der Waals surface area contributed by atoms with Crippen LogP contribution in [0.3, 0.4) is 0 Å². The fourth-order valence-corrected chi connectivity index (χ4v) is 3.41. The molecule has 7 nitrogen and oxygen atoms in total. The van der Waals surface area contributed by atoms with Gasteiger partial charge in [0.05, 0.1) is 5.92 Å². The van der Waals surface area contributed by atoms with Crippen LogP contribution in [0.15, 0.2) is 24.5 Å². The molecule has 0 radical (unpaired) electrons. The van der Waals surface area contributed by atoms with Crippen molar-refractivity contribution in [3.05, 3.63) is 30.1 Å². The summed E-state index contributed by atoms with van der Waals surface area (Å²) in [6, 6.07) is 3.44. The highest BCUT2D eigenvalue weighted by Crippen LogP contribution is 2.18. The van der Waals surface area contributed by atoms with Crippen molar-refractivity contribution >= 4 is 16.2 Å². The lowest BCUT2D eigenvalue weighted by Gasteiger charge is -2.29. The number of rotatable bonds is 5. The predicted molar refractivity (Wildman–Crippen MR) is 71.9 cm³/mol. The summed E-state index contributed by atoms with van der Waals surface area (Å²) < 4.78 is 28.0. The van der Waals surface area contributed by atoms with E-state index in [1.54, 1.807) is 24.5 Å². The number of hydrogen-bond donors (Lipinski definition) is 2. The molecule has 1 fully saturated rings. The molecular formula is C12H17N3O4S. The van der Waals surface area contributed by atoms with Crippen LogP contribution in [-0.2, 0) is 21.5 Å². The monoisotopic (exact) mass is 299 g/mol. The molecule has 110 valence electrons. The number of pyridine rings is 1. The first-order valence-corrected chi connectivity index (χ1v) is 7.79. The average molecular weight is 299 g/mol. The van der Waals surface area contributed by atoms with Gasteiger partial charge in [0, 0.05) is 32.0 Å². The van der Waals surface area contributed by atoms with Crippen LogP contribution >= 0.6 is 0 Å². The van der Waals surface area contributed by atoms with Gasteiger partial charge in [-0.1, -0.05) is 0 Å². The minimum Gasteiger partial charge on any atom is -0.481 e. The van der Waals surface area contributed by atoms with Gasteiger partial charge in [-0.15, -0.1) is 0 Å². The summed E-state index contributed by atoms with van der Waals surface area (Å²) in [5, 5.41) is 8.98. The largest absolute Gasteiger partial charge is 0.481 e. The number of nitrogens with zero attached hydrogens (tertiary/aromatic N) is 2. The van der Waals surface area contributed by atoms with Gasteiger partial charge < -0.3 is 5.11 Å². The number of carboxylic acids is 1. The molecule has 0 spiro atoms. The van der Waals surface area contributed by atoms with Gasteiger partial charge in [-0.2, -0.15) is 17.4 Å². The fourth-order valence-electron chi connectivity index (χ4n) is 2.13. The molecule has 20 heavy (non-hydrogen) atoms. The SMILES string of the molecule is O=C(O)C1CCCN(S(=O)(=O)NCc2ccncc2)C1. The molecule has 0 saturated carbocycles. The minimum atomic E-state index is -3.65. The molecule has 0 aliphatic carbocycles. The Hall–Kier alpha value is -1.51. The Morgan fingerprint density at radius 2 is 2.15 bits per heavy atom. The first kappa shape index (κ1) is 14.9. The topological polar surface area (TPSA) is 99.6 Å². The minimum absolute atomic E-state index is 0.0288. The maximum atomic E-state index is 12.1. The van der Waals surface area contributed by atoms with Crippen molar-refractivity contribution in [3.8, 4) is 0 Å². The third kappa shape index (κ3) is 3.75. The third-order valence-corrected chi connectivity index (χ3v) is 4.80. The number of aromatic nitrogens is 1. The van der Waals surface area contributed by atoms with E-state index in [1.165, 1.54) is 4.31 Å². The Morgan fingerprint density at radius 3 is 2.80 bits per heavy atom. The molecule has 1 aromatic rings. The highest BCUT2D eigenvalue weighted by atomic mass is 32.2. The van der Waals surface area contributed by atoms with Gasteiger partial charge in [-0.3, -0.25) is 9.78 Å². The van der Waals surface area contributed by atoms with Crippen molar-refractivity contribution < 1.29 is 18.3 Å². The second kappa shape index (κ2) is 6.29. The van der Waals surface area contributed by atoms with Crippen LogP contribution in [0.2, 0.25) is 0 Å². The molecule has 0 amide bonds. The van der Waals surface area contributed by atoms with E-state index in [4.69, 9.17) is 5.11 Å². The highest BCUT2D eigenvalue weighted by molar-refractivity contribution is 7.87. The first-order valence-electron chi connectivity index (χ1n) is 6.35. The van der Waals surface area contributed by atoms with Crippen molar-refractivity contribution in [3.63, 3.8) is 0 Å².